The number of ether oxygens (including phenoxy) is 1. The highest BCUT2D eigenvalue weighted by atomic mass is 32.1. The summed E-state index contributed by atoms with van der Waals surface area (Å²) in [4.78, 5) is 20.2. The molecule has 1 aromatic carbocycles. The average Bonchev–Trinajstić information content (AvgIpc) is 3.24. The number of thiophene rings is 1. The van der Waals surface area contributed by atoms with Gasteiger partial charge in [0.2, 0.25) is 0 Å². The summed E-state index contributed by atoms with van der Waals surface area (Å²) in [6.45, 7) is 3.79. The summed E-state index contributed by atoms with van der Waals surface area (Å²) in [6, 6.07) is 7.92. The lowest BCUT2D eigenvalue weighted by Crippen LogP contribution is -2.11. The van der Waals surface area contributed by atoms with Crippen molar-refractivity contribution < 1.29 is 13.9 Å². The number of carbonyl (C=O) groups excluding carboxylic acids is 1. The number of aryl methyl sites for hydroxylation is 2. The zero-order valence-electron chi connectivity index (χ0n) is 14.7. The minimum Gasteiger partial charge on any atom is -0.453 e. The van der Waals surface area contributed by atoms with Crippen LogP contribution < -0.4 is 10.1 Å². The van der Waals surface area contributed by atoms with E-state index < -0.39 is 5.82 Å². The van der Waals surface area contributed by atoms with E-state index in [1.54, 1.807) is 18.3 Å². The van der Waals surface area contributed by atoms with Gasteiger partial charge in [-0.25, -0.2) is 9.37 Å². The minimum absolute atomic E-state index is 0.0772. The van der Waals surface area contributed by atoms with Crippen molar-refractivity contribution in [3.8, 4) is 11.5 Å². The highest BCUT2D eigenvalue weighted by Crippen LogP contribution is 2.33. The van der Waals surface area contributed by atoms with Gasteiger partial charge in [-0.2, -0.15) is 0 Å². The molecule has 136 valence electrons. The van der Waals surface area contributed by atoms with Gasteiger partial charge in [-0.3, -0.25) is 4.79 Å². The molecule has 0 saturated heterocycles. The third kappa shape index (κ3) is 3.29. The van der Waals surface area contributed by atoms with E-state index in [0.29, 0.717) is 22.0 Å². The van der Waals surface area contributed by atoms with Crippen LogP contribution in [0.2, 0.25) is 0 Å². The van der Waals surface area contributed by atoms with Crippen molar-refractivity contribution in [3.05, 3.63) is 69.9 Å². The van der Waals surface area contributed by atoms with Gasteiger partial charge in [0.25, 0.3) is 5.91 Å². The van der Waals surface area contributed by atoms with E-state index in [1.807, 2.05) is 31.5 Å². The maximum absolute atomic E-state index is 14.5. The molecule has 1 amide bonds. The zero-order valence-corrected chi connectivity index (χ0v) is 15.5. The fourth-order valence-electron chi connectivity index (χ4n) is 2.84. The van der Waals surface area contributed by atoms with Crippen molar-refractivity contribution in [1.29, 1.82) is 0 Å². The van der Waals surface area contributed by atoms with Crippen molar-refractivity contribution in [2.75, 3.05) is 5.32 Å². The summed E-state index contributed by atoms with van der Waals surface area (Å²) >= 11 is 1.35. The molecule has 3 heterocycles. The van der Waals surface area contributed by atoms with Crippen LogP contribution in [-0.4, -0.2) is 15.9 Å². The van der Waals surface area contributed by atoms with Crippen LogP contribution in [0.3, 0.4) is 0 Å². The van der Waals surface area contributed by atoms with Gasteiger partial charge in [0.05, 0.1) is 10.3 Å². The number of nitrogens with one attached hydrogen (secondary N) is 2. The Morgan fingerprint density at radius 2 is 2.04 bits per heavy atom. The van der Waals surface area contributed by atoms with Gasteiger partial charge in [0.1, 0.15) is 11.4 Å². The van der Waals surface area contributed by atoms with Crippen molar-refractivity contribution >= 4 is 34.0 Å². The summed E-state index contributed by atoms with van der Waals surface area (Å²) in [5.41, 5.74) is 2.90. The quantitative estimate of drug-likeness (QED) is 0.496. The van der Waals surface area contributed by atoms with Crippen molar-refractivity contribution in [2.45, 2.75) is 13.8 Å². The van der Waals surface area contributed by atoms with Gasteiger partial charge >= 0.3 is 0 Å². The largest absolute Gasteiger partial charge is 0.453 e. The van der Waals surface area contributed by atoms with Gasteiger partial charge < -0.3 is 15.0 Å². The van der Waals surface area contributed by atoms with Crippen molar-refractivity contribution in [3.63, 3.8) is 0 Å². The second-order valence-corrected chi connectivity index (χ2v) is 7.05. The Morgan fingerprint density at radius 1 is 1.19 bits per heavy atom. The Bertz CT molecular complexity index is 1150. The van der Waals surface area contributed by atoms with Crippen LogP contribution >= 0.6 is 11.3 Å². The highest BCUT2D eigenvalue weighted by Gasteiger charge is 2.14. The first kappa shape index (κ1) is 17.2. The molecule has 0 saturated carbocycles. The number of pyridine rings is 1. The summed E-state index contributed by atoms with van der Waals surface area (Å²) < 4.78 is 20.3. The predicted molar refractivity (Wildman–Crippen MR) is 104 cm³/mol. The topological polar surface area (TPSA) is 67.0 Å². The van der Waals surface area contributed by atoms with Crippen LogP contribution in [0.4, 0.5) is 10.1 Å². The SMILES string of the molecule is Cc1ccsc1C(=O)Nc1ccc(Oc2ccnc3[nH]cc(C)c23)c(F)c1. The number of hydrogen-bond acceptors (Lipinski definition) is 4. The summed E-state index contributed by atoms with van der Waals surface area (Å²) in [5, 5.41) is 5.37. The Morgan fingerprint density at radius 3 is 2.78 bits per heavy atom. The van der Waals surface area contributed by atoms with E-state index in [0.717, 1.165) is 16.5 Å². The summed E-state index contributed by atoms with van der Waals surface area (Å²) in [6.07, 6.45) is 3.43. The molecule has 0 spiro atoms. The Kier molecular flexibility index (Phi) is 4.37. The number of fused-ring (bicyclic) bond motifs is 1. The first-order valence-corrected chi connectivity index (χ1v) is 9.16. The fraction of sp³-hybridized carbons (Fsp3) is 0.100. The second kappa shape index (κ2) is 6.85. The number of aromatic amines is 1. The van der Waals surface area contributed by atoms with Crippen molar-refractivity contribution in [1.82, 2.24) is 9.97 Å². The van der Waals surface area contributed by atoms with E-state index in [1.165, 1.54) is 23.5 Å². The van der Waals surface area contributed by atoms with Crippen LogP contribution in [-0.2, 0) is 0 Å². The molecule has 27 heavy (non-hydrogen) atoms. The third-order valence-corrected chi connectivity index (χ3v) is 5.23. The molecular weight excluding hydrogens is 365 g/mol. The van der Waals surface area contributed by atoms with Crippen LogP contribution in [0.15, 0.2) is 48.1 Å². The normalized spacial score (nSPS) is 10.9. The number of carbonyl (C=O) groups is 1. The molecule has 0 aliphatic heterocycles. The van der Waals surface area contributed by atoms with E-state index in [4.69, 9.17) is 4.74 Å². The molecule has 3 aromatic heterocycles. The molecule has 4 aromatic rings. The Labute approximate surface area is 158 Å². The number of anilines is 1. The number of aromatic nitrogens is 2. The molecule has 2 N–H and O–H groups in total. The smallest absolute Gasteiger partial charge is 0.265 e. The summed E-state index contributed by atoms with van der Waals surface area (Å²) in [7, 11) is 0. The van der Waals surface area contributed by atoms with Gasteiger partial charge in [-0.15, -0.1) is 11.3 Å². The number of nitrogens with zero attached hydrogens (tertiary/aromatic N) is 1. The monoisotopic (exact) mass is 381 g/mol. The first-order valence-electron chi connectivity index (χ1n) is 8.28. The van der Waals surface area contributed by atoms with E-state index >= 15 is 0 Å². The number of halogens is 1. The number of amides is 1. The average molecular weight is 381 g/mol. The van der Waals surface area contributed by atoms with Crippen molar-refractivity contribution in [2.24, 2.45) is 0 Å². The molecule has 0 bridgehead atoms. The number of hydrogen-bond donors (Lipinski definition) is 2. The lowest BCUT2D eigenvalue weighted by molar-refractivity contribution is 0.103. The molecule has 0 aliphatic rings. The first-order chi connectivity index (χ1) is 13.0. The van der Waals surface area contributed by atoms with Crippen LogP contribution in [0.1, 0.15) is 20.8 Å². The standard InChI is InChI=1S/C20H16FN3O2S/c1-11-6-8-27-18(11)20(25)24-13-3-4-15(14(21)9-13)26-16-5-7-22-19-17(16)12(2)10-23-19/h3-10H,1-2H3,(H,22,23)(H,24,25). The predicted octanol–water partition coefficient (Wildman–Crippen LogP) is 5.42. The van der Waals surface area contributed by atoms with Gasteiger partial charge in [0, 0.05) is 24.1 Å². The number of benzene rings is 1. The molecular formula is C20H16FN3O2S. The molecule has 0 unspecified atom stereocenters. The van der Waals surface area contributed by atoms with Crippen LogP contribution in [0.25, 0.3) is 11.0 Å². The van der Waals surface area contributed by atoms with Crippen LogP contribution in [0, 0.1) is 19.7 Å². The molecule has 0 atom stereocenters. The Balaban J connectivity index is 1.58. The lowest BCUT2D eigenvalue weighted by Gasteiger charge is -2.10. The third-order valence-electron chi connectivity index (χ3n) is 4.21. The zero-order chi connectivity index (χ0) is 19.0. The van der Waals surface area contributed by atoms with E-state index in [2.05, 4.69) is 15.3 Å². The maximum Gasteiger partial charge on any atom is 0.265 e. The van der Waals surface area contributed by atoms with Gasteiger partial charge in [-0.05, 0) is 54.6 Å². The lowest BCUT2D eigenvalue weighted by atomic mass is 10.2. The highest BCUT2D eigenvalue weighted by molar-refractivity contribution is 7.12. The maximum atomic E-state index is 14.5. The van der Waals surface area contributed by atoms with E-state index in [9.17, 15) is 9.18 Å². The van der Waals surface area contributed by atoms with E-state index in [-0.39, 0.29) is 11.7 Å². The molecule has 4 rings (SSSR count). The summed E-state index contributed by atoms with van der Waals surface area (Å²) in [5.74, 6) is -0.222. The molecule has 0 radical (unpaired) electrons. The van der Waals surface area contributed by atoms with Crippen LogP contribution in [0.5, 0.6) is 11.5 Å². The molecule has 7 heteroatoms. The Hall–Kier alpha value is -3.19. The second-order valence-electron chi connectivity index (χ2n) is 6.14. The molecule has 5 nitrogen and oxygen atoms in total. The number of H-pyrrole nitrogens is 1. The number of rotatable bonds is 4. The molecule has 0 aliphatic carbocycles. The van der Waals surface area contributed by atoms with Gasteiger partial charge in [0.15, 0.2) is 11.6 Å². The fourth-order valence-corrected chi connectivity index (χ4v) is 3.66. The minimum atomic E-state index is -0.561. The van der Waals surface area contributed by atoms with Gasteiger partial charge in [-0.1, -0.05) is 0 Å². The molecule has 0 fully saturated rings.